The number of aromatic nitrogens is 4. The van der Waals surface area contributed by atoms with Crippen LogP contribution in [0.4, 0.5) is 10.8 Å². The van der Waals surface area contributed by atoms with Crippen molar-refractivity contribution in [3.05, 3.63) is 41.7 Å². The summed E-state index contributed by atoms with van der Waals surface area (Å²) in [5.41, 5.74) is 3.37. The maximum Gasteiger partial charge on any atom is 0.234 e. The van der Waals surface area contributed by atoms with Crippen molar-refractivity contribution < 1.29 is 9.53 Å². The van der Waals surface area contributed by atoms with E-state index in [1.165, 1.54) is 23.1 Å². The Bertz CT molecular complexity index is 926. The summed E-state index contributed by atoms with van der Waals surface area (Å²) in [5.74, 6) is 0.148. The van der Waals surface area contributed by atoms with E-state index in [-0.39, 0.29) is 11.7 Å². The lowest BCUT2D eigenvalue weighted by molar-refractivity contribution is -0.113. The van der Waals surface area contributed by atoms with Crippen molar-refractivity contribution >= 4 is 39.8 Å². The minimum atomic E-state index is -0.104. The molecule has 0 bridgehead atoms. The normalized spacial score (nSPS) is 10.8. The van der Waals surface area contributed by atoms with Gasteiger partial charge in [-0.3, -0.25) is 4.79 Å². The van der Waals surface area contributed by atoms with Crippen LogP contribution in [0.15, 0.2) is 34.7 Å². The number of anilines is 2. The fourth-order valence-corrected chi connectivity index (χ4v) is 4.12. The summed E-state index contributed by atoms with van der Waals surface area (Å²) < 4.78 is 7.56. The molecule has 2 N–H and O–H groups in total. The molecule has 1 aromatic carbocycles. The molecule has 2 heterocycles. The lowest BCUT2D eigenvalue weighted by Gasteiger charge is -2.06. The van der Waals surface area contributed by atoms with Crippen molar-refractivity contribution in [3.63, 3.8) is 0 Å². The fourth-order valence-electron chi connectivity index (χ4n) is 2.55. The van der Waals surface area contributed by atoms with Crippen LogP contribution in [0.5, 0.6) is 0 Å². The zero-order chi connectivity index (χ0) is 19.9. The van der Waals surface area contributed by atoms with Crippen molar-refractivity contribution in [3.8, 4) is 5.69 Å². The average molecular weight is 419 g/mol. The Balaban J connectivity index is 1.57. The van der Waals surface area contributed by atoms with E-state index in [2.05, 4.69) is 25.9 Å². The van der Waals surface area contributed by atoms with Gasteiger partial charge in [0.25, 0.3) is 0 Å². The predicted octanol–water partition coefficient (Wildman–Crippen LogP) is 3.13. The summed E-state index contributed by atoms with van der Waals surface area (Å²) in [6, 6.07) is 9.84. The molecule has 3 aromatic rings. The molecular formula is C18H22N6O2S2. The van der Waals surface area contributed by atoms with Gasteiger partial charge in [-0.05, 0) is 26.0 Å². The summed E-state index contributed by atoms with van der Waals surface area (Å²) in [4.78, 5) is 12.4. The van der Waals surface area contributed by atoms with Crippen LogP contribution in [-0.4, -0.2) is 51.9 Å². The number of benzene rings is 1. The van der Waals surface area contributed by atoms with Gasteiger partial charge in [0.2, 0.25) is 11.0 Å². The molecule has 0 spiro atoms. The molecule has 0 aliphatic rings. The third-order valence-corrected chi connectivity index (χ3v) is 5.89. The molecule has 0 radical (unpaired) electrons. The molecule has 28 heavy (non-hydrogen) atoms. The number of amides is 1. The highest BCUT2D eigenvalue weighted by molar-refractivity contribution is 8.01. The Morgan fingerprint density at radius 2 is 2.04 bits per heavy atom. The molecular weight excluding hydrogens is 396 g/mol. The molecule has 10 heteroatoms. The zero-order valence-corrected chi connectivity index (χ0v) is 17.6. The molecule has 2 aromatic heterocycles. The molecule has 0 aliphatic heterocycles. The Kier molecular flexibility index (Phi) is 7.01. The third-order valence-electron chi connectivity index (χ3n) is 3.87. The number of thioether (sulfide) groups is 1. The van der Waals surface area contributed by atoms with E-state index in [1.54, 1.807) is 7.11 Å². The van der Waals surface area contributed by atoms with Crippen LogP contribution in [0, 0.1) is 13.8 Å². The first-order chi connectivity index (χ1) is 13.6. The molecule has 0 aliphatic carbocycles. The van der Waals surface area contributed by atoms with E-state index < -0.39 is 0 Å². The van der Waals surface area contributed by atoms with Crippen molar-refractivity contribution in [1.82, 2.24) is 20.0 Å². The number of methoxy groups -OCH3 is 1. The molecule has 3 rings (SSSR count). The minimum Gasteiger partial charge on any atom is -0.383 e. The average Bonchev–Trinajstić information content (AvgIpc) is 3.27. The third kappa shape index (κ3) is 5.09. The molecule has 0 atom stereocenters. The van der Waals surface area contributed by atoms with Crippen LogP contribution >= 0.6 is 23.1 Å². The number of hydrogen-bond donors (Lipinski definition) is 2. The van der Waals surface area contributed by atoms with Crippen LogP contribution in [0.25, 0.3) is 5.69 Å². The number of aryl methyl sites for hydroxylation is 1. The van der Waals surface area contributed by atoms with Crippen LogP contribution < -0.4 is 10.6 Å². The standard InChI is InChI=1S/C18H22N6O2S2/c1-12-16(13(2)24(23-12)14-7-5-4-6-8-14)20-15(25)11-27-18-22-21-17(28-18)19-9-10-26-3/h4-8H,9-11H2,1-3H3,(H,19,21)(H,20,25). The molecule has 148 valence electrons. The first kappa shape index (κ1) is 20.3. The zero-order valence-electron chi connectivity index (χ0n) is 15.9. The second-order valence-corrected chi connectivity index (χ2v) is 8.12. The van der Waals surface area contributed by atoms with Gasteiger partial charge in [-0.2, -0.15) is 5.10 Å². The molecule has 8 nitrogen and oxygen atoms in total. The van der Waals surface area contributed by atoms with Gasteiger partial charge in [0.05, 0.1) is 35.1 Å². The van der Waals surface area contributed by atoms with E-state index in [9.17, 15) is 4.79 Å². The SMILES string of the molecule is COCCNc1nnc(SCC(=O)Nc2c(C)nn(-c3ccccc3)c2C)s1. The fraction of sp³-hybridized carbons (Fsp3) is 0.333. The lowest BCUT2D eigenvalue weighted by Crippen LogP contribution is -2.15. The maximum atomic E-state index is 12.4. The number of carbonyl (C=O) groups is 1. The Labute approximate surface area is 171 Å². The Hall–Kier alpha value is -2.43. The number of carbonyl (C=O) groups excluding carboxylic acids is 1. The monoisotopic (exact) mass is 418 g/mol. The van der Waals surface area contributed by atoms with E-state index in [1.807, 2.05) is 48.9 Å². The largest absolute Gasteiger partial charge is 0.383 e. The Morgan fingerprint density at radius 3 is 2.79 bits per heavy atom. The summed E-state index contributed by atoms with van der Waals surface area (Å²) in [7, 11) is 1.65. The highest BCUT2D eigenvalue weighted by Gasteiger charge is 2.16. The minimum absolute atomic E-state index is 0.104. The van der Waals surface area contributed by atoms with Gasteiger partial charge >= 0.3 is 0 Å². The quantitative estimate of drug-likeness (QED) is 0.407. The van der Waals surface area contributed by atoms with Gasteiger partial charge in [0, 0.05) is 13.7 Å². The van der Waals surface area contributed by atoms with Crippen molar-refractivity contribution in [2.45, 2.75) is 18.2 Å². The molecule has 0 fully saturated rings. The number of ether oxygens (including phenoxy) is 1. The van der Waals surface area contributed by atoms with Gasteiger partial charge in [-0.1, -0.05) is 41.3 Å². The van der Waals surface area contributed by atoms with Crippen molar-refractivity contribution in [2.24, 2.45) is 0 Å². The van der Waals surface area contributed by atoms with Gasteiger partial charge in [-0.15, -0.1) is 10.2 Å². The van der Waals surface area contributed by atoms with E-state index in [0.29, 0.717) is 13.2 Å². The molecule has 1 amide bonds. The highest BCUT2D eigenvalue weighted by atomic mass is 32.2. The van der Waals surface area contributed by atoms with Crippen molar-refractivity contribution in [1.29, 1.82) is 0 Å². The van der Waals surface area contributed by atoms with Gasteiger partial charge in [0.15, 0.2) is 4.34 Å². The van der Waals surface area contributed by atoms with Gasteiger partial charge in [-0.25, -0.2) is 4.68 Å². The van der Waals surface area contributed by atoms with Gasteiger partial charge in [0.1, 0.15) is 0 Å². The number of nitrogens with zero attached hydrogens (tertiary/aromatic N) is 4. The van der Waals surface area contributed by atoms with Crippen LogP contribution in [-0.2, 0) is 9.53 Å². The molecule has 0 saturated heterocycles. The van der Waals surface area contributed by atoms with Crippen LogP contribution in [0.1, 0.15) is 11.4 Å². The molecule has 0 saturated carbocycles. The summed E-state index contributed by atoms with van der Waals surface area (Å²) >= 11 is 2.77. The number of nitrogens with one attached hydrogen (secondary N) is 2. The summed E-state index contributed by atoms with van der Waals surface area (Å²) in [5, 5.41) is 19.5. The Morgan fingerprint density at radius 1 is 1.25 bits per heavy atom. The smallest absolute Gasteiger partial charge is 0.234 e. The van der Waals surface area contributed by atoms with E-state index in [0.717, 1.165) is 32.2 Å². The number of hydrogen-bond acceptors (Lipinski definition) is 8. The van der Waals surface area contributed by atoms with Crippen LogP contribution in [0.3, 0.4) is 0 Å². The molecule has 0 unspecified atom stereocenters. The topological polar surface area (TPSA) is 94.0 Å². The first-order valence-corrected chi connectivity index (χ1v) is 10.5. The van der Waals surface area contributed by atoms with Crippen molar-refractivity contribution in [2.75, 3.05) is 36.6 Å². The second-order valence-electron chi connectivity index (χ2n) is 5.92. The second kappa shape index (κ2) is 9.67. The predicted molar refractivity (Wildman–Crippen MR) is 113 cm³/mol. The van der Waals surface area contributed by atoms with E-state index >= 15 is 0 Å². The van der Waals surface area contributed by atoms with Crippen LogP contribution in [0.2, 0.25) is 0 Å². The lowest BCUT2D eigenvalue weighted by atomic mass is 10.3. The van der Waals surface area contributed by atoms with Gasteiger partial charge < -0.3 is 15.4 Å². The maximum absolute atomic E-state index is 12.4. The summed E-state index contributed by atoms with van der Waals surface area (Å²) in [6.45, 7) is 5.09. The van der Waals surface area contributed by atoms with E-state index in [4.69, 9.17) is 4.74 Å². The number of rotatable bonds is 9. The highest BCUT2D eigenvalue weighted by Crippen LogP contribution is 2.26. The summed E-state index contributed by atoms with van der Waals surface area (Å²) in [6.07, 6.45) is 0. The first-order valence-electron chi connectivity index (χ1n) is 8.69. The number of para-hydroxylation sites is 1.